The monoisotopic (exact) mass is 376 g/mol. The molecule has 0 aliphatic heterocycles. The Balaban J connectivity index is 2.00. The Bertz CT molecular complexity index is 497. The van der Waals surface area contributed by atoms with Crippen molar-refractivity contribution < 1.29 is 9.47 Å². The third-order valence-corrected chi connectivity index (χ3v) is 6.18. The molecule has 2 aliphatic rings. The van der Waals surface area contributed by atoms with Gasteiger partial charge in [0.15, 0.2) is 0 Å². The molecule has 0 aromatic rings. The van der Waals surface area contributed by atoms with Gasteiger partial charge >= 0.3 is 0 Å². The van der Waals surface area contributed by atoms with Crippen molar-refractivity contribution in [1.82, 2.24) is 0 Å². The van der Waals surface area contributed by atoms with Crippen LogP contribution >= 0.6 is 0 Å². The van der Waals surface area contributed by atoms with Crippen LogP contribution in [-0.4, -0.2) is 12.9 Å². The topological polar surface area (TPSA) is 18.5 Å². The molecule has 0 aromatic heterocycles. The molecule has 2 heteroatoms. The summed E-state index contributed by atoms with van der Waals surface area (Å²) in [7, 11) is 0. The lowest BCUT2D eigenvalue weighted by Crippen LogP contribution is -2.32. The summed E-state index contributed by atoms with van der Waals surface area (Å²) in [5.74, 6) is 2.83. The second-order valence-corrected chi connectivity index (χ2v) is 10.9. The molecule has 0 aromatic carbocycles. The van der Waals surface area contributed by atoms with Gasteiger partial charge < -0.3 is 9.47 Å². The van der Waals surface area contributed by atoms with Crippen LogP contribution in [0.25, 0.3) is 0 Å². The average Bonchev–Trinajstić information content (AvgIpc) is 2.59. The Labute approximate surface area is 168 Å². The predicted octanol–water partition coefficient (Wildman–Crippen LogP) is 7.50. The zero-order valence-electron chi connectivity index (χ0n) is 19.0. The highest BCUT2D eigenvalue weighted by Crippen LogP contribution is 2.43. The quantitative estimate of drug-likeness (QED) is 0.428. The summed E-state index contributed by atoms with van der Waals surface area (Å²) in [6.45, 7) is 17.0. The molecule has 2 aliphatic carbocycles. The van der Waals surface area contributed by atoms with Gasteiger partial charge in [0.1, 0.15) is 5.76 Å². The minimum atomic E-state index is -0.0734. The van der Waals surface area contributed by atoms with E-state index in [0.29, 0.717) is 28.6 Å². The van der Waals surface area contributed by atoms with E-state index < -0.39 is 0 Å². The van der Waals surface area contributed by atoms with E-state index in [4.69, 9.17) is 9.47 Å². The molecule has 2 nitrogen and oxygen atoms in total. The molecule has 3 unspecified atom stereocenters. The molecule has 2 rings (SSSR count). The lowest BCUT2D eigenvalue weighted by molar-refractivity contribution is -0.149. The Kier molecular flexibility index (Phi) is 8.04. The van der Waals surface area contributed by atoms with Gasteiger partial charge in [0.05, 0.1) is 0 Å². The van der Waals surface area contributed by atoms with Gasteiger partial charge in [-0.05, 0) is 67.4 Å². The Hall–Kier alpha value is -0.760. The number of hydrogen-bond acceptors (Lipinski definition) is 2. The van der Waals surface area contributed by atoms with E-state index in [2.05, 4.69) is 66.7 Å². The van der Waals surface area contributed by atoms with Crippen LogP contribution in [-0.2, 0) is 9.47 Å². The number of allylic oxidation sites excluding steroid dienone is 3. The van der Waals surface area contributed by atoms with Gasteiger partial charge in [0.25, 0.3) is 0 Å². The van der Waals surface area contributed by atoms with Crippen molar-refractivity contribution >= 4 is 0 Å². The van der Waals surface area contributed by atoms with Crippen molar-refractivity contribution in [1.29, 1.82) is 0 Å². The number of hydrogen-bond donors (Lipinski definition) is 0. The molecule has 1 fully saturated rings. The van der Waals surface area contributed by atoms with Gasteiger partial charge in [-0.2, -0.15) is 0 Å². The zero-order valence-corrected chi connectivity index (χ0v) is 19.0. The van der Waals surface area contributed by atoms with Crippen LogP contribution in [0.15, 0.2) is 24.0 Å². The molecular weight excluding hydrogens is 332 g/mol. The minimum Gasteiger partial charge on any atom is -0.465 e. The number of rotatable bonds is 7. The molecule has 0 saturated heterocycles. The average molecular weight is 377 g/mol. The second-order valence-electron chi connectivity index (χ2n) is 10.9. The van der Waals surface area contributed by atoms with Crippen molar-refractivity contribution in [3.8, 4) is 0 Å². The van der Waals surface area contributed by atoms with Crippen molar-refractivity contribution in [2.24, 2.45) is 28.6 Å². The fourth-order valence-electron chi connectivity index (χ4n) is 4.73. The van der Waals surface area contributed by atoms with Crippen LogP contribution in [0.5, 0.6) is 0 Å². The van der Waals surface area contributed by atoms with Crippen LogP contribution in [0, 0.1) is 28.6 Å². The van der Waals surface area contributed by atoms with Crippen LogP contribution in [0.2, 0.25) is 0 Å². The van der Waals surface area contributed by atoms with Crippen LogP contribution in [0.3, 0.4) is 0 Å². The molecule has 0 spiro atoms. The summed E-state index contributed by atoms with van der Waals surface area (Å²) < 4.78 is 12.3. The first kappa shape index (κ1) is 22.5. The Morgan fingerprint density at radius 1 is 1.04 bits per heavy atom. The van der Waals surface area contributed by atoms with E-state index in [1.807, 2.05) is 0 Å². The lowest BCUT2D eigenvalue weighted by Gasteiger charge is -2.40. The highest BCUT2D eigenvalue weighted by atomic mass is 16.7. The molecule has 1 saturated carbocycles. The van der Waals surface area contributed by atoms with Gasteiger partial charge in [-0.25, -0.2) is 0 Å². The van der Waals surface area contributed by atoms with Gasteiger partial charge in [0.2, 0.25) is 6.29 Å². The van der Waals surface area contributed by atoms with E-state index >= 15 is 0 Å². The summed E-state index contributed by atoms with van der Waals surface area (Å²) >= 11 is 0. The summed E-state index contributed by atoms with van der Waals surface area (Å²) in [5, 5.41) is 0. The molecule has 0 radical (unpaired) electrons. The maximum Gasteiger partial charge on any atom is 0.202 e. The normalized spacial score (nSPS) is 24.4. The third-order valence-electron chi connectivity index (χ3n) is 6.18. The Morgan fingerprint density at radius 2 is 1.70 bits per heavy atom. The molecule has 27 heavy (non-hydrogen) atoms. The van der Waals surface area contributed by atoms with Crippen molar-refractivity contribution in [2.45, 2.75) is 99.7 Å². The molecule has 0 amide bonds. The van der Waals surface area contributed by atoms with Crippen LogP contribution < -0.4 is 0 Å². The van der Waals surface area contributed by atoms with Gasteiger partial charge in [-0.1, -0.05) is 66.9 Å². The second kappa shape index (κ2) is 9.63. The van der Waals surface area contributed by atoms with E-state index in [9.17, 15) is 0 Å². The standard InChI is InChI=1S/C25H44O2/c1-8-26-23(20-12-10-9-11-13-20)27-21-16-14-19(15-17-21)22(25(5,6)7)18-24(2,3)4/h14,16-17,19-20,22-23H,8-13,15,18H2,1-7H3. The van der Waals surface area contributed by atoms with Crippen LogP contribution in [0.1, 0.15) is 93.4 Å². The van der Waals surface area contributed by atoms with Gasteiger partial charge in [-0.15, -0.1) is 0 Å². The molecular formula is C25H44O2. The van der Waals surface area contributed by atoms with Crippen molar-refractivity contribution in [3.05, 3.63) is 24.0 Å². The van der Waals surface area contributed by atoms with E-state index in [1.54, 1.807) is 0 Å². The maximum absolute atomic E-state index is 6.34. The molecule has 0 bridgehead atoms. The van der Waals surface area contributed by atoms with Crippen molar-refractivity contribution in [3.63, 3.8) is 0 Å². The highest BCUT2D eigenvalue weighted by Gasteiger charge is 2.35. The molecule has 0 N–H and O–H groups in total. The Morgan fingerprint density at radius 3 is 2.19 bits per heavy atom. The minimum absolute atomic E-state index is 0.0734. The summed E-state index contributed by atoms with van der Waals surface area (Å²) in [6, 6.07) is 0. The first-order valence-corrected chi connectivity index (χ1v) is 11.3. The highest BCUT2D eigenvalue weighted by molar-refractivity contribution is 5.19. The maximum atomic E-state index is 6.34. The van der Waals surface area contributed by atoms with E-state index in [1.165, 1.54) is 38.5 Å². The lowest BCUT2D eigenvalue weighted by atomic mass is 9.65. The van der Waals surface area contributed by atoms with E-state index in [-0.39, 0.29) is 6.29 Å². The number of ether oxygens (including phenoxy) is 2. The summed E-state index contributed by atoms with van der Waals surface area (Å²) in [4.78, 5) is 0. The molecule has 156 valence electrons. The van der Waals surface area contributed by atoms with Crippen LogP contribution in [0.4, 0.5) is 0 Å². The predicted molar refractivity (Wildman–Crippen MR) is 115 cm³/mol. The SMILES string of the molecule is CCOC(OC1=CCC(C(CC(C)(C)C)C(C)(C)C)C=C1)C1CCCCC1. The summed E-state index contributed by atoms with van der Waals surface area (Å²) in [5.41, 5.74) is 0.664. The summed E-state index contributed by atoms with van der Waals surface area (Å²) in [6.07, 6.45) is 15.6. The smallest absolute Gasteiger partial charge is 0.202 e. The zero-order chi connectivity index (χ0) is 20.1. The van der Waals surface area contributed by atoms with E-state index in [0.717, 1.165) is 18.8 Å². The fraction of sp³-hybridized carbons (Fsp3) is 0.840. The van der Waals surface area contributed by atoms with Gasteiger partial charge in [-0.3, -0.25) is 0 Å². The molecule has 3 atom stereocenters. The first-order chi connectivity index (χ1) is 12.6. The first-order valence-electron chi connectivity index (χ1n) is 11.3. The van der Waals surface area contributed by atoms with Gasteiger partial charge in [0, 0.05) is 12.5 Å². The molecule has 0 heterocycles. The largest absolute Gasteiger partial charge is 0.465 e. The fourth-order valence-corrected chi connectivity index (χ4v) is 4.73. The third kappa shape index (κ3) is 7.29. The van der Waals surface area contributed by atoms with Crippen molar-refractivity contribution in [2.75, 3.05) is 6.61 Å².